The van der Waals surface area contributed by atoms with E-state index in [0.717, 1.165) is 19.0 Å². The predicted octanol–water partition coefficient (Wildman–Crippen LogP) is 1.90. The molecule has 2 heterocycles. The number of piperidine rings is 1. The Hall–Kier alpha value is -2.18. The zero-order valence-corrected chi connectivity index (χ0v) is 11.6. The summed E-state index contributed by atoms with van der Waals surface area (Å²) in [6.45, 7) is 3.48. The normalized spacial score (nSPS) is 18.7. The maximum Gasteiger partial charge on any atom is 0.288 e. The highest BCUT2D eigenvalue weighted by Gasteiger charge is 2.25. The number of likely N-dealkylation sites (tertiary alicyclic amines) is 1. The number of aromatic nitrogens is 1. The SMILES string of the molecule is CNc1ncc([N+](=O)[O-])cc1C(=O)N1CCCC(C)C1. The topological polar surface area (TPSA) is 88.4 Å². The molecule has 2 rings (SSSR count). The quantitative estimate of drug-likeness (QED) is 0.674. The summed E-state index contributed by atoms with van der Waals surface area (Å²) in [5, 5.41) is 13.6. The van der Waals surface area contributed by atoms with Gasteiger partial charge in [0.2, 0.25) is 0 Å². The lowest BCUT2D eigenvalue weighted by molar-refractivity contribution is -0.385. The molecule has 108 valence electrons. The van der Waals surface area contributed by atoms with E-state index in [-0.39, 0.29) is 17.2 Å². The summed E-state index contributed by atoms with van der Waals surface area (Å²) in [6, 6.07) is 1.29. The predicted molar refractivity (Wildman–Crippen MR) is 74.7 cm³/mol. The fraction of sp³-hybridized carbons (Fsp3) is 0.538. The highest BCUT2D eigenvalue weighted by atomic mass is 16.6. The van der Waals surface area contributed by atoms with Crippen LogP contribution < -0.4 is 5.32 Å². The second kappa shape index (κ2) is 5.85. The minimum Gasteiger partial charge on any atom is -0.372 e. The summed E-state index contributed by atoms with van der Waals surface area (Å²) in [5.41, 5.74) is 0.0909. The molecular weight excluding hydrogens is 260 g/mol. The van der Waals surface area contributed by atoms with Crippen molar-refractivity contribution in [2.75, 3.05) is 25.5 Å². The number of pyridine rings is 1. The molecule has 0 saturated carbocycles. The van der Waals surface area contributed by atoms with Gasteiger partial charge in [-0.05, 0) is 18.8 Å². The molecule has 1 aromatic heterocycles. The number of hydrogen-bond acceptors (Lipinski definition) is 5. The van der Waals surface area contributed by atoms with Crippen LogP contribution in [-0.2, 0) is 0 Å². The number of rotatable bonds is 3. The molecule has 1 atom stereocenters. The smallest absolute Gasteiger partial charge is 0.288 e. The van der Waals surface area contributed by atoms with E-state index in [2.05, 4.69) is 17.2 Å². The first-order valence-electron chi connectivity index (χ1n) is 6.64. The van der Waals surface area contributed by atoms with Crippen molar-refractivity contribution in [3.8, 4) is 0 Å². The maximum absolute atomic E-state index is 12.5. The van der Waals surface area contributed by atoms with Gasteiger partial charge in [0.25, 0.3) is 11.6 Å². The van der Waals surface area contributed by atoms with E-state index in [1.807, 2.05) is 0 Å². The van der Waals surface area contributed by atoms with Gasteiger partial charge < -0.3 is 10.2 Å². The molecular formula is C13H18N4O3. The first-order chi connectivity index (χ1) is 9.52. The summed E-state index contributed by atoms with van der Waals surface area (Å²) in [6.07, 6.45) is 3.22. The molecule has 1 amide bonds. The number of carbonyl (C=O) groups excluding carboxylic acids is 1. The number of amides is 1. The van der Waals surface area contributed by atoms with Crippen LogP contribution >= 0.6 is 0 Å². The minimum atomic E-state index is -0.540. The van der Waals surface area contributed by atoms with Crippen molar-refractivity contribution >= 4 is 17.4 Å². The molecule has 1 fully saturated rings. The first kappa shape index (κ1) is 14.2. The Morgan fingerprint density at radius 2 is 2.35 bits per heavy atom. The molecule has 1 unspecified atom stereocenters. The maximum atomic E-state index is 12.5. The van der Waals surface area contributed by atoms with Gasteiger partial charge in [0.15, 0.2) is 0 Å². The molecule has 0 aliphatic carbocycles. The zero-order valence-electron chi connectivity index (χ0n) is 11.6. The van der Waals surface area contributed by atoms with E-state index in [1.54, 1.807) is 11.9 Å². The van der Waals surface area contributed by atoms with Gasteiger partial charge in [0.05, 0.1) is 10.5 Å². The lowest BCUT2D eigenvalue weighted by Crippen LogP contribution is -2.39. The highest BCUT2D eigenvalue weighted by molar-refractivity contribution is 5.99. The van der Waals surface area contributed by atoms with Gasteiger partial charge in [-0.25, -0.2) is 4.98 Å². The van der Waals surface area contributed by atoms with Gasteiger partial charge in [0.1, 0.15) is 12.0 Å². The Balaban J connectivity index is 2.31. The first-order valence-corrected chi connectivity index (χ1v) is 6.64. The molecule has 7 heteroatoms. The Morgan fingerprint density at radius 1 is 1.60 bits per heavy atom. The third-order valence-corrected chi connectivity index (χ3v) is 3.50. The minimum absolute atomic E-state index is 0.169. The molecule has 1 aliphatic rings. The summed E-state index contributed by atoms with van der Waals surface area (Å²) >= 11 is 0. The van der Waals surface area contributed by atoms with Gasteiger partial charge in [-0.15, -0.1) is 0 Å². The standard InChI is InChI=1S/C13H18N4O3/c1-9-4-3-5-16(8-9)13(18)11-6-10(17(19)20)7-15-12(11)14-2/h6-7,9H,3-5,8H2,1-2H3,(H,14,15). The van der Waals surface area contributed by atoms with Crippen molar-refractivity contribution < 1.29 is 9.72 Å². The lowest BCUT2D eigenvalue weighted by atomic mass is 9.99. The van der Waals surface area contributed by atoms with Crippen molar-refractivity contribution in [2.24, 2.45) is 5.92 Å². The van der Waals surface area contributed by atoms with E-state index < -0.39 is 4.92 Å². The summed E-state index contributed by atoms with van der Waals surface area (Å²) < 4.78 is 0. The van der Waals surface area contributed by atoms with Crippen LogP contribution in [0.25, 0.3) is 0 Å². The van der Waals surface area contributed by atoms with Crippen LogP contribution in [0, 0.1) is 16.0 Å². The van der Waals surface area contributed by atoms with Gasteiger partial charge in [-0.2, -0.15) is 0 Å². The van der Waals surface area contributed by atoms with Crippen LogP contribution in [0.3, 0.4) is 0 Å². The molecule has 1 aliphatic heterocycles. The van der Waals surface area contributed by atoms with Crippen molar-refractivity contribution in [1.82, 2.24) is 9.88 Å². The van der Waals surface area contributed by atoms with Gasteiger partial charge in [0, 0.05) is 26.2 Å². The second-order valence-corrected chi connectivity index (χ2v) is 5.10. The van der Waals surface area contributed by atoms with Crippen molar-refractivity contribution in [3.63, 3.8) is 0 Å². The van der Waals surface area contributed by atoms with E-state index in [4.69, 9.17) is 0 Å². The third kappa shape index (κ3) is 2.87. The van der Waals surface area contributed by atoms with E-state index in [1.165, 1.54) is 6.07 Å². The fourth-order valence-electron chi connectivity index (χ4n) is 2.46. The van der Waals surface area contributed by atoms with E-state index in [0.29, 0.717) is 24.8 Å². The Kier molecular flexibility index (Phi) is 4.16. The molecule has 1 aromatic rings. The van der Waals surface area contributed by atoms with Crippen molar-refractivity contribution in [3.05, 3.63) is 27.9 Å². The number of nitrogens with one attached hydrogen (secondary N) is 1. The third-order valence-electron chi connectivity index (χ3n) is 3.50. The molecule has 0 radical (unpaired) electrons. The number of hydrogen-bond donors (Lipinski definition) is 1. The molecule has 1 N–H and O–H groups in total. The molecule has 1 saturated heterocycles. The monoisotopic (exact) mass is 278 g/mol. The number of nitrogens with zero attached hydrogens (tertiary/aromatic N) is 3. The van der Waals surface area contributed by atoms with Gasteiger partial charge >= 0.3 is 0 Å². The highest BCUT2D eigenvalue weighted by Crippen LogP contribution is 2.23. The van der Waals surface area contributed by atoms with E-state index >= 15 is 0 Å². The second-order valence-electron chi connectivity index (χ2n) is 5.10. The Morgan fingerprint density at radius 3 is 2.95 bits per heavy atom. The summed E-state index contributed by atoms with van der Waals surface area (Å²) in [5.74, 6) is 0.633. The molecule has 0 aromatic carbocycles. The number of nitro groups is 1. The van der Waals surface area contributed by atoms with Gasteiger partial charge in [-0.1, -0.05) is 6.92 Å². The van der Waals surface area contributed by atoms with Crippen LogP contribution in [-0.4, -0.2) is 40.9 Å². The van der Waals surface area contributed by atoms with Crippen molar-refractivity contribution in [2.45, 2.75) is 19.8 Å². The Bertz CT molecular complexity index is 532. The number of carbonyl (C=O) groups is 1. The largest absolute Gasteiger partial charge is 0.372 e. The lowest BCUT2D eigenvalue weighted by Gasteiger charge is -2.31. The average molecular weight is 278 g/mol. The molecule has 0 spiro atoms. The molecule has 20 heavy (non-hydrogen) atoms. The van der Waals surface area contributed by atoms with Crippen LogP contribution in [0.2, 0.25) is 0 Å². The van der Waals surface area contributed by atoms with E-state index in [9.17, 15) is 14.9 Å². The summed E-state index contributed by atoms with van der Waals surface area (Å²) in [4.78, 5) is 28.5. The van der Waals surface area contributed by atoms with Crippen LogP contribution in [0.5, 0.6) is 0 Å². The fourth-order valence-corrected chi connectivity index (χ4v) is 2.46. The van der Waals surface area contributed by atoms with Crippen LogP contribution in [0.4, 0.5) is 11.5 Å². The Labute approximate surface area is 117 Å². The molecule has 7 nitrogen and oxygen atoms in total. The average Bonchev–Trinajstić information content (AvgIpc) is 2.45. The van der Waals surface area contributed by atoms with Crippen LogP contribution in [0.1, 0.15) is 30.1 Å². The number of anilines is 1. The van der Waals surface area contributed by atoms with Gasteiger partial charge in [-0.3, -0.25) is 14.9 Å². The zero-order chi connectivity index (χ0) is 14.7. The van der Waals surface area contributed by atoms with Crippen molar-refractivity contribution in [1.29, 1.82) is 0 Å². The van der Waals surface area contributed by atoms with Crippen LogP contribution in [0.15, 0.2) is 12.3 Å². The summed E-state index contributed by atoms with van der Waals surface area (Å²) in [7, 11) is 1.64. The molecule has 0 bridgehead atoms.